The average Bonchev–Trinajstić information content (AvgIpc) is 3.31. The molecule has 0 aliphatic carbocycles. The number of nitrogens with one attached hydrogen (secondary N) is 2. The molecule has 1 amide bonds. The number of H-pyrrole nitrogens is 1. The largest absolute Gasteiger partial charge is 0.341 e. The third kappa shape index (κ3) is 3.78. The van der Waals surface area contributed by atoms with E-state index in [0.29, 0.717) is 12.1 Å². The minimum atomic E-state index is -0.151. The monoisotopic (exact) mass is 374 g/mol. The van der Waals surface area contributed by atoms with Crippen LogP contribution in [0.3, 0.4) is 0 Å². The lowest BCUT2D eigenvalue weighted by atomic mass is 9.96. The van der Waals surface area contributed by atoms with E-state index >= 15 is 0 Å². The number of benzene rings is 2. The lowest BCUT2D eigenvalue weighted by Crippen LogP contribution is -2.13. The highest BCUT2D eigenvalue weighted by atomic mass is 16.1. The summed E-state index contributed by atoms with van der Waals surface area (Å²) in [7, 11) is 0. The van der Waals surface area contributed by atoms with Crippen LogP contribution in [-0.2, 0) is 12.0 Å². The van der Waals surface area contributed by atoms with Crippen LogP contribution < -0.4 is 5.32 Å². The van der Waals surface area contributed by atoms with Crippen LogP contribution in [0.1, 0.15) is 42.5 Å². The standard InChI is InChI=1S/C21H22N6O/c1-21(2,3)20-25-17-9-8-16(10-18(17)26-20)24-19(28)15-6-4-14(5-7-15)11-27-13-22-12-23-27/h4-10,12-13H,11H2,1-3H3,(H,24,28)(H,25,26). The number of anilines is 1. The highest BCUT2D eigenvalue weighted by Crippen LogP contribution is 2.24. The second-order valence-electron chi connectivity index (χ2n) is 7.81. The summed E-state index contributed by atoms with van der Waals surface area (Å²) in [5.41, 5.74) is 4.12. The fourth-order valence-corrected chi connectivity index (χ4v) is 2.91. The van der Waals surface area contributed by atoms with E-state index in [1.807, 2.05) is 42.5 Å². The van der Waals surface area contributed by atoms with Crippen LogP contribution >= 0.6 is 0 Å². The summed E-state index contributed by atoms with van der Waals surface area (Å²) in [6.07, 6.45) is 3.17. The van der Waals surface area contributed by atoms with Crippen molar-refractivity contribution in [2.24, 2.45) is 0 Å². The number of carbonyl (C=O) groups is 1. The summed E-state index contributed by atoms with van der Waals surface area (Å²) in [5.74, 6) is 0.774. The molecule has 2 aromatic carbocycles. The molecule has 2 heterocycles. The van der Waals surface area contributed by atoms with E-state index in [2.05, 4.69) is 46.1 Å². The Hall–Kier alpha value is -3.48. The summed E-state index contributed by atoms with van der Waals surface area (Å²) in [6, 6.07) is 13.2. The third-order valence-corrected chi connectivity index (χ3v) is 4.48. The molecule has 0 unspecified atom stereocenters. The topological polar surface area (TPSA) is 88.5 Å². The predicted molar refractivity (Wildman–Crippen MR) is 108 cm³/mol. The van der Waals surface area contributed by atoms with Gasteiger partial charge < -0.3 is 10.3 Å². The van der Waals surface area contributed by atoms with E-state index in [4.69, 9.17) is 0 Å². The van der Waals surface area contributed by atoms with Gasteiger partial charge in [-0.15, -0.1) is 0 Å². The number of amides is 1. The molecule has 0 atom stereocenters. The normalized spacial score (nSPS) is 11.7. The van der Waals surface area contributed by atoms with Gasteiger partial charge in [-0.2, -0.15) is 5.10 Å². The molecule has 4 aromatic rings. The molecule has 7 heteroatoms. The number of imidazole rings is 1. The van der Waals surface area contributed by atoms with Gasteiger partial charge in [-0.25, -0.2) is 14.6 Å². The molecule has 0 aliphatic heterocycles. The van der Waals surface area contributed by atoms with Gasteiger partial charge in [0.15, 0.2) is 0 Å². The molecule has 0 saturated carbocycles. The van der Waals surface area contributed by atoms with Crippen molar-refractivity contribution in [2.75, 3.05) is 5.32 Å². The summed E-state index contributed by atoms with van der Waals surface area (Å²) in [4.78, 5) is 24.5. The molecule has 0 fully saturated rings. The third-order valence-electron chi connectivity index (χ3n) is 4.48. The van der Waals surface area contributed by atoms with Crippen molar-refractivity contribution in [3.05, 3.63) is 72.1 Å². The van der Waals surface area contributed by atoms with E-state index in [0.717, 1.165) is 28.1 Å². The Kier molecular flexibility index (Phi) is 4.43. The van der Waals surface area contributed by atoms with Crippen molar-refractivity contribution in [3.8, 4) is 0 Å². The lowest BCUT2D eigenvalue weighted by Gasteiger charge is -2.13. The summed E-state index contributed by atoms with van der Waals surface area (Å²) < 4.78 is 1.74. The van der Waals surface area contributed by atoms with Gasteiger partial charge in [0.05, 0.1) is 17.6 Å². The quantitative estimate of drug-likeness (QED) is 0.569. The van der Waals surface area contributed by atoms with Gasteiger partial charge >= 0.3 is 0 Å². The van der Waals surface area contributed by atoms with Crippen molar-refractivity contribution in [2.45, 2.75) is 32.7 Å². The first-order valence-corrected chi connectivity index (χ1v) is 9.11. The molecule has 0 aliphatic rings. The van der Waals surface area contributed by atoms with Crippen LogP contribution in [-0.4, -0.2) is 30.6 Å². The Morgan fingerprint density at radius 1 is 1.14 bits per heavy atom. The zero-order valence-electron chi connectivity index (χ0n) is 16.1. The number of nitrogens with zero attached hydrogens (tertiary/aromatic N) is 4. The van der Waals surface area contributed by atoms with E-state index in [1.54, 1.807) is 11.0 Å². The Balaban J connectivity index is 1.48. The van der Waals surface area contributed by atoms with Gasteiger partial charge in [0.25, 0.3) is 5.91 Å². The first-order valence-electron chi connectivity index (χ1n) is 9.11. The molecule has 7 nitrogen and oxygen atoms in total. The summed E-state index contributed by atoms with van der Waals surface area (Å²) >= 11 is 0. The second-order valence-corrected chi connectivity index (χ2v) is 7.81. The predicted octanol–water partition coefficient (Wildman–Crippen LogP) is 3.75. The van der Waals surface area contributed by atoms with Crippen LogP contribution in [0.2, 0.25) is 0 Å². The van der Waals surface area contributed by atoms with Gasteiger partial charge in [-0.05, 0) is 35.9 Å². The van der Waals surface area contributed by atoms with Crippen LogP contribution in [0, 0.1) is 0 Å². The Bertz CT molecular complexity index is 1100. The van der Waals surface area contributed by atoms with E-state index in [-0.39, 0.29) is 11.3 Å². The molecule has 2 N–H and O–H groups in total. The smallest absolute Gasteiger partial charge is 0.255 e. The lowest BCUT2D eigenvalue weighted by molar-refractivity contribution is 0.102. The molecule has 0 bridgehead atoms. The van der Waals surface area contributed by atoms with Crippen molar-refractivity contribution < 1.29 is 4.79 Å². The number of aromatic nitrogens is 5. The zero-order chi connectivity index (χ0) is 19.7. The van der Waals surface area contributed by atoms with Crippen molar-refractivity contribution in [3.63, 3.8) is 0 Å². The maximum atomic E-state index is 12.6. The minimum absolute atomic E-state index is 0.0591. The van der Waals surface area contributed by atoms with Crippen molar-refractivity contribution in [1.82, 2.24) is 24.7 Å². The first kappa shape index (κ1) is 17.9. The first-order chi connectivity index (χ1) is 13.4. The fourth-order valence-electron chi connectivity index (χ4n) is 2.91. The van der Waals surface area contributed by atoms with Gasteiger partial charge in [-0.3, -0.25) is 4.79 Å². The summed E-state index contributed by atoms with van der Waals surface area (Å²) in [5, 5.41) is 7.03. The van der Waals surface area contributed by atoms with Gasteiger partial charge in [0.2, 0.25) is 0 Å². The highest BCUT2D eigenvalue weighted by Gasteiger charge is 2.18. The van der Waals surface area contributed by atoms with Gasteiger partial charge in [-0.1, -0.05) is 32.9 Å². The number of hydrogen-bond donors (Lipinski definition) is 2. The van der Waals surface area contributed by atoms with Crippen LogP contribution in [0.4, 0.5) is 5.69 Å². The second kappa shape index (κ2) is 6.92. The minimum Gasteiger partial charge on any atom is -0.341 e. The zero-order valence-corrected chi connectivity index (χ0v) is 16.1. The van der Waals surface area contributed by atoms with E-state index in [9.17, 15) is 4.79 Å². The maximum Gasteiger partial charge on any atom is 0.255 e. The SMILES string of the molecule is CC(C)(C)c1nc2ccc(NC(=O)c3ccc(Cn4cncn4)cc3)cc2[nH]1. The van der Waals surface area contributed by atoms with Crippen molar-refractivity contribution >= 4 is 22.6 Å². The van der Waals surface area contributed by atoms with Crippen LogP contribution in [0.15, 0.2) is 55.1 Å². The molecule has 0 spiro atoms. The van der Waals surface area contributed by atoms with Crippen LogP contribution in [0.5, 0.6) is 0 Å². The molecule has 142 valence electrons. The number of carbonyl (C=O) groups excluding carboxylic acids is 1. The number of rotatable bonds is 4. The highest BCUT2D eigenvalue weighted by molar-refractivity contribution is 6.05. The Morgan fingerprint density at radius 2 is 1.93 bits per heavy atom. The van der Waals surface area contributed by atoms with Crippen molar-refractivity contribution in [1.29, 1.82) is 0 Å². The molecular formula is C21H22N6O. The fraction of sp³-hybridized carbons (Fsp3) is 0.238. The van der Waals surface area contributed by atoms with E-state index < -0.39 is 0 Å². The molecule has 4 rings (SSSR count). The molecular weight excluding hydrogens is 352 g/mol. The van der Waals surface area contributed by atoms with Gasteiger partial charge in [0, 0.05) is 16.7 Å². The van der Waals surface area contributed by atoms with Gasteiger partial charge in [0.1, 0.15) is 18.5 Å². The molecule has 28 heavy (non-hydrogen) atoms. The molecule has 0 radical (unpaired) electrons. The number of aromatic amines is 1. The average molecular weight is 374 g/mol. The molecule has 2 aromatic heterocycles. The Labute approximate surface area is 162 Å². The molecule has 0 saturated heterocycles. The number of hydrogen-bond acceptors (Lipinski definition) is 4. The van der Waals surface area contributed by atoms with Crippen LogP contribution in [0.25, 0.3) is 11.0 Å². The number of fused-ring (bicyclic) bond motifs is 1. The maximum absolute atomic E-state index is 12.6. The van der Waals surface area contributed by atoms with E-state index in [1.165, 1.54) is 6.33 Å². The Morgan fingerprint density at radius 3 is 2.61 bits per heavy atom. The summed E-state index contributed by atoms with van der Waals surface area (Å²) in [6.45, 7) is 6.95.